The van der Waals surface area contributed by atoms with Gasteiger partial charge in [0, 0.05) is 0 Å². The Balaban J connectivity index is 2.97. The van der Waals surface area contributed by atoms with Crippen LogP contribution in [0.25, 0.3) is 0 Å². The van der Waals surface area contributed by atoms with Crippen molar-refractivity contribution in [1.82, 2.24) is 5.32 Å². The first-order valence-electron chi connectivity index (χ1n) is 5.43. The van der Waals surface area contributed by atoms with E-state index < -0.39 is 31.3 Å². The summed E-state index contributed by atoms with van der Waals surface area (Å²) in [5, 5.41) is 39.2. The molecule has 1 amide bonds. The van der Waals surface area contributed by atoms with Gasteiger partial charge in [0.1, 0.15) is 11.3 Å². The lowest BCUT2D eigenvalue weighted by Gasteiger charge is -2.28. The first-order valence-corrected chi connectivity index (χ1v) is 5.43. The van der Waals surface area contributed by atoms with Gasteiger partial charge in [0.2, 0.25) is 0 Å². The van der Waals surface area contributed by atoms with Crippen LogP contribution >= 0.6 is 0 Å². The molecule has 5 N–H and O–H groups in total. The Morgan fingerprint density at radius 1 is 1.22 bits per heavy atom. The van der Waals surface area contributed by atoms with E-state index in [1.807, 2.05) is 0 Å². The normalized spacial score (nSPS) is 11.3. The number of aliphatic hydroxyl groups is 3. The highest BCUT2D eigenvalue weighted by atomic mass is 16.3. The lowest BCUT2D eigenvalue weighted by Crippen LogP contribution is -2.57. The van der Waals surface area contributed by atoms with Crippen molar-refractivity contribution >= 4 is 5.91 Å². The van der Waals surface area contributed by atoms with Gasteiger partial charge in [0.15, 0.2) is 0 Å². The molecule has 18 heavy (non-hydrogen) atoms. The zero-order valence-electron chi connectivity index (χ0n) is 10.1. The van der Waals surface area contributed by atoms with Crippen molar-refractivity contribution in [3.05, 3.63) is 29.3 Å². The van der Waals surface area contributed by atoms with Crippen LogP contribution in [0.5, 0.6) is 5.75 Å². The predicted molar refractivity (Wildman–Crippen MR) is 64.3 cm³/mol. The zero-order chi connectivity index (χ0) is 13.8. The molecule has 0 spiro atoms. The third kappa shape index (κ3) is 2.98. The fourth-order valence-electron chi connectivity index (χ4n) is 1.41. The average molecular weight is 255 g/mol. The smallest absolute Gasteiger partial charge is 0.255 e. The monoisotopic (exact) mass is 255 g/mol. The molecule has 0 heterocycles. The number of aromatic hydroxyl groups is 1. The summed E-state index contributed by atoms with van der Waals surface area (Å²) < 4.78 is 0. The number of phenols is 1. The highest BCUT2D eigenvalue weighted by Crippen LogP contribution is 2.19. The highest BCUT2D eigenvalue weighted by molar-refractivity contribution is 5.97. The van der Waals surface area contributed by atoms with Gasteiger partial charge in [-0.3, -0.25) is 4.79 Å². The van der Waals surface area contributed by atoms with E-state index >= 15 is 0 Å². The average Bonchev–Trinajstić information content (AvgIpc) is 2.38. The Bertz CT molecular complexity index is 420. The summed E-state index contributed by atoms with van der Waals surface area (Å²) in [7, 11) is 0. The van der Waals surface area contributed by atoms with Gasteiger partial charge in [-0.25, -0.2) is 0 Å². The van der Waals surface area contributed by atoms with Crippen molar-refractivity contribution in [3.63, 3.8) is 0 Å². The Morgan fingerprint density at radius 3 is 2.28 bits per heavy atom. The van der Waals surface area contributed by atoms with Crippen molar-refractivity contribution in [1.29, 1.82) is 0 Å². The topological polar surface area (TPSA) is 110 Å². The summed E-state index contributed by atoms with van der Waals surface area (Å²) in [6, 6.07) is 4.49. The van der Waals surface area contributed by atoms with Gasteiger partial charge in [-0.15, -0.1) is 0 Å². The van der Waals surface area contributed by atoms with Gasteiger partial charge in [-0.2, -0.15) is 0 Å². The first kappa shape index (κ1) is 14.4. The summed E-state index contributed by atoms with van der Waals surface area (Å²) in [5.41, 5.74) is -0.706. The third-order valence-corrected chi connectivity index (χ3v) is 2.68. The minimum atomic E-state index is -1.51. The molecule has 0 aliphatic carbocycles. The van der Waals surface area contributed by atoms with Gasteiger partial charge < -0.3 is 25.7 Å². The fourth-order valence-corrected chi connectivity index (χ4v) is 1.41. The molecule has 1 aromatic rings. The van der Waals surface area contributed by atoms with Crippen molar-refractivity contribution in [2.24, 2.45) is 0 Å². The lowest BCUT2D eigenvalue weighted by atomic mass is 10.0. The van der Waals surface area contributed by atoms with Crippen LogP contribution < -0.4 is 5.32 Å². The molecule has 1 rings (SSSR count). The Labute approximate surface area is 105 Å². The summed E-state index contributed by atoms with van der Waals surface area (Å²) in [6.07, 6.45) is 0. The lowest BCUT2D eigenvalue weighted by molar-refractivity contribution is 0.0374. The molecule has 100 valence electrons. The maximum atomic E-state index is 11.9. The van der Waals surface area contributed by atoms with Gasteiger partial charge in [-0.1, -0.05) is 11.6 Å². The molecular formula is C12H17NO5. The quantitative estimate of drug-likeness (QED) is 0.470. The number of amides is 1. The van der Waals surface area contributed by atoms with E-state index in [9.17, 15) is 9.90 Å². The molecule has 0 aliphatic heterocycles. The van der Waals surface area contributed by atoms with E-state index in [-0.39, 0.29) is 11.3 Å². The van der Waals surface area contributed by atoms with Gasteiger partial charge >= 0.3 is 0 Å². The molecule has 0 atom stereocenters. The molecule has 0 fully saturated rings. The minimum absolute atomic E-state index is 0.0229. The number of hydrogen-bond donors (Lipinski definition) is 5. The van der Waals surface area contributed by atoms with Gasteiger partial charge in [-0.05, 0) is 19.1 Å². The van der Waals surface area contributed by atoms with Crippen LogP contribution in [0.3, 0.4) is 0 Å². The number of carbonyl (C=O) groups excluding carboxylic acids is 1. The summed E-state index contributed by atoms with van der Waals surface area (Å²) >= 11 is 0. The molecule has 6 heteroatoms. The van der Waals surface area contributed by atoms with E-state index in [1.54, 1.807) is 13.0 Å². The van der Waals surface area contributed by atoms with Crippen LogP contribution in [0.15, 0.2) is 18.2 Å². The van der Waals surface area contributed by atoms with Gasteiger partial charge in [0.25, 0.3) is 5.91 Å². The van der Waals surface area contributed by atoms with Crippen LogP contribution in [-0.2, 0) is 0 Å². The second kappa shape index (κ2) is 5.81. The summed E-state index contributed by atoms with van der Waals surface area (Å²) in [6.45, 7) is -0.0808. The molecule has 0 saturated heterocycles. The third-order valence-electron chi connectivity index (χ3n) is 2.68. The first-order chi connectivity index (χ1) is 8.48. The molecule has 0 radical (unpaired) electrons. The van der Waals surface area contributed by atoms with Crippen LogP contribution in [0, 0.1) is 6.92 Å². The molecule has 6 nitrogen and oxygen atoms in total. The predicted octanol–water partition coefficient (Wildman–Crippen LogP) is -0.854. The number of benzene rings is 1. The van der Waals surface area contributed by atoms with E-state index in [2.05, 4.69) is 5.32 Å². The number of aliphatic hydroxyl groups excluding tert-OH is 3. The molecule has 0 aliphatic rings. The second-order valence-electron chi connectivity index (χ2n) is 4.23. The van der Waals surface area contributed by atoms with Crippen molar-refractivity contribution < 1.29 is 25.2 Å². The largest absolute Gasteiger partial charge is 0.507 e. The van der Waals surface area contributed by atoms with Crippen LogP contribution in [0.4, 0.5) is 0 Å². The Hall–Kier alpha value is -1.63. The number of carbonyl (C=O) groups is 1. The maximum absolute atomic E-state index is 11.9. The Morgan fingerprint density at radius 2 is 1.78 bits per heavy atom. The number of rotatable bonds is 5. The fraction of sp³-hybridized carbons (Fsp3) is 0.417. The minimum Gasteiger partial charge on any atom is -0.507 e. The highest BCUT2D eigenvalue weighted by Gasteiger charge is 2.31. The molecule has 1 aromatic carbocycles. The zero-order valence-corrected chi connectivity index (χ0v) is 10.1. The van der Waals surface area contributed by atoms with E-state index in [1.165, 1.54) is 12.1 Å². The van der Waals surface area contributed by atoms with E-state index in [0.29, 0.717) is 0 Å². The number of aryl methyl sites for hydroxylation is 1. The van der Waals surface area contributed by atoms with Crippen LogP contribution in [0.2, 0.25) is 0 Å². The number of hydrogen-bond acceptors (Lipinski definition) is 5. The molecule has 0 saturated carbocycles. The molecular weight excluding hydrogens is 238 g/mol. The molecule has 0 aromatic heterocycles. The van der Waals surface area contributed by atoms with Crippen molar-refractivity contribution in [3.8, 4) is 5.75 Å². The van der Waals surface area contributed by atoms with Crippen molar-refractivity contribution in [2.75, 3.05) is 19.8 Å². The molecule has 0 bridgehead atoms. The van der Waals surface area contributed by atoms with Crippen LogP contribution in [0.1, 0.15) is 15.9 Å². The summed E-state index contributed by atoms with van der Waals surface area (Å²) in [4.78, 5) is 11.9. The number of nitrogens with one attached hydrogen (secondary N) is 1. The van der Waals surface area contributed by atoms with Gasteiger partial charge in [0.05, 0.1) is 25.4 Å². The Kier molecular flexibility index (Phi) is 4.66. The second-order valence-corrected chi connectivity index (χ2v) is 4.23. The van der Waals surface area contributed by atoms with Crippen molar-refractivity contribution in [2.45, 2.75) is 12.5 Å². The standard InChI is InChI=1S/C12H17NO5/c1-8-2-3-10(17)9(4-8)11(18)13-12(5-14,6-15)7-16/h2-4,14-17H,5-7H2,1H3,(H,13,18). The molecule has 0 unspecified atom stereocenters. The van der Waals surface area contributed by atoms with E-state index in [4.69, 9.17) is 15.3 Å². The number of phenolic OH excluding ortho intramolecular Hbond substituents is 1. The maximum Gasteiger partial charge on any atom is 0.255 e. The summed E-state index contributed by atoms with van der Waals surface area (Å²) in [5.74, 6) is -0.880. The SMILES string of the molecule is Cc1ccc(O)c(C(=O)NC(CO)(CO)CO)c1. The van der Waals surface area contributed by atoms with Crippen LogP contribution in [-0.4, -0.2) is 51.7 Å². The van der Waals surface area contributed by atoms with E-state index in [0.717, 1.165) is 5.56 Å².